The van der Waals surface area contributed by atoms with E-state index in [2.05, 4.69) is 34.1 Å². The Morgan fingerprint density at radius 1 is 0.909 bits per heavy atom. The summed E-state index contributed by atoms with van der Waals surface area (Å²) in [5.41, 5.74) is 7.88. The smallest absolute Gasteiger partial charge is 0.128 e. The van der Waals surface area contributed by atoms with Crippen LogP contribution in [0.1, 0.15) is 11.6 Å². The molecule has 2 N–H and O–H groups in total. The summed E-state index contributed by atoms with van der Waals surface area (Å²) in [5, 5.41) is 0. The number of hydrogen-bond acceptors (Lipinski definition) is 3. The third-order valence-electron chi connectivity index (χ3n) is 4.36. The molecule has 1 fully saturated rings. The molecule has 0 aromatic heterocycles. The number of piperazine rings is 1. The Hall–Kier alpha value is -1.91. The molecule has 1 heterocycles. The third-order valence-corrected chi connectivity index (χ3v) is 4.36. The van der Waals surface area contributed by atoms with Gasteiger partial charge in [-0.15, -0.1) is 0 Å². The van der Waals surface area contributed by atoms with Crippen molar-refractivity contribution >= 4 is 5.69 Å². The number of rotatable bonds is 4. The number of nitrogens with zero attached hydrogens (tertiary/aromatic N) is 2. The molecule has 116 valence electrons. The fourth-order valence-corrected chi connectivity index (χ4v) is 3.15. The second-order valence-electron chi connectivity index (χ2n) is 5.63. The number of hydrogen-bond donors (Lipinski definition) is 1. The van der Waals surface area contributed by atoms with Crippen LogP contribution in [0.3, 0.4) is 0 Å². The lowest BCUT2D eigenvalue weighted by Gasteiger charge is -2.40. The van der Waals surface area contributed by atoms with Crippen molar-refractivity contribution in [1.82, 2.24) is 4.90 Å². The van der Waals surface area contributed by atoms with Crippen molar-refractivity contribution in [2.45, 2.75) is 6.04 Å². The molecule has 0 radical (unpaired) electrons. The van der Waals surface area contributed by atoms with E-state index in [1.54, 1.807) is 6.07 Å². The minimum absolute atomic E-state index is 0.0425. The molecule has 3 nitrogen and oxygen atoms in total. The van der Waals surface area contributed by atoms with Gasteiger partial charge < -0.3 is 10.6 Å². The van der Waals surface area contributed by atoms with E-state index >= 15 is 0 Å². The second-order valence-corrected chi connectivity index (χ2v) is 5.63. The molecule has 0 aliphatic carbocycles. The molecule has 2 aromatic rings. The number of halogens is 1. The number of para-hydroxylation sites is 1. The Kier molecular flexibility index (Phi) is 4.71. The van der Waals surface area contributed by atoms with Crippen molar-refractivity contribution in [1.29, 1.82) is 0 Å². The van der Waals surface area contributed by atoms with E-state index in [-0.39, 0.29) is 11.9 Å². The summed E-state index contributed by atoms with van der Waals surface area (Å²) < 4.78 is 14.0. The van der Waals surface area contributed by atoms with E-state index in [0.29, 0.717) is 12.1 Å². The first kappa shape index (κ1) is 15.0. The lowest BCUT2D eigenvalue weighted by Crippen LogP contribution is -2.49. The Bertz CT molecular complexity index is 594. The quantitative estimate of drug-likeness (QED) is 0.942. The summed E-state index contributed by atoms with van der Waals surface area (Å²) in [6.07, 6.45) is 0. The highest BCUT2D eigenvalue weighted by atomic mass is 19.1. The lowest BCUT2D eigenvalue weighted by molar-refractivity contribution is 0.187. The fourth-order valence-electron chi connectivity index (χ4n) is 3.15. The van der Waals surface area contributed by atoms with Crippen LogP contribution in [0.15, 0.2) is 54.6 Å². The zero-order valence-electron chi connectivity index (χ0n) is 12.7. The van der Waals surface area contributed by atoms with E-state index in [1.807, 2.05) is 18.2 Å². The Morgan fingerprint density at radius 2 is 1.55 bits per heavy atom. The molecule has 1 atom stereocenters. The predicted molar refractivity (Wildman–Crippen MR) is 88.4 cm³/mol. The van der Waals surface area contributed by atoms with Gasteiger partial charge in [0.05, 0.1) is 6.04 Å². The molecule has 0 bridgehead atoms. The Morgan fingerprint density at radius 3 is 2.18 bits per heavy atom. The average molecular weight is 299 g/mol. The van der Waals surface area contributed by atoms with Crippen LogP contribution in [0, 0.1) is 5.82 Å². The SMILES string of the molecule is NCC(c1ccccc1F)N1CCN(c2ccccc2)CC1. The van der Waals surface area contributed by atoms with E-state index in [4.69, 9.17) is 5.73 Å². The predicted octanol–water partition coefficient (Wildman–Crippen LogP) is 2.65. The maximum atomic E-state index is 14.0. The van der Waals surface area contributed by atoms with Gasteiger partial charge in [-0.1, -0.05) is 36.4 Å². The van der Waals surface area contributed by atoms with Crippen LogP contribution in [-0.2, 0) is 0 Å². The van der Waals surface area contributed by atoms with Gasteiger partial charge in [0, 0.05) is 44.0 Å². The van der Waals surface area contributed by atoms with Gasteiger partial charge >= 0.3 is 0 Å². The first-order chi connectivity index (χ1) is 10.8. The van der Waals surface area contributed by atoms with Gasteiger partial charge in [0.15, 0.2) is 0 Å². The highest BCUT2D eigenvalue weighted by molar-refractivity contribution is 5.46. The van der Waals surface area contributed by atoms with Crippen LogP contribution in [-0.4, -0.2) is 37.6 Å². The molecule has 0 spiro atoms. The maximum absolute atomic E-state index is 14.0. The minimum Gasteiger partial charge on any atom is -0.369 e. The first-order valence-electron chi connectivity index (χ1n) is 7.78. The number of benzene rings is 2. The van der Waals surface area contributed by atoms with Gasteiger partial charge in [-0.05, 0) is 18.2 Å². The van der Waals surface area contributed by atoms with E-state index in [0.717, 1.165) is 26.2 Å². The summed E-state index contributed by atoms with van der Waals surface area (Å²) in [6.45, 7) is 4.10. The minimum atomic E-state index is -0.163. The molecule has 1 saturated heterocycles. The number of anilines is 1. The highest BCUT2D eigenvalue weighted by Gasteiger charge is 2.25. The van der Waals surface area contributed by atoms with Gasteiger partial charge in [0.25, 0.3) is 0 Å². The van der Waals surface area contributed by atoms with Gasteiger partial charge in [0.2, 0.25) is 0 Å². The van der Waals surface area contributed by atoms with Crippen molar-refractivity contribution in [2.24, 2.45) is 5.73 Å². The van der Waals surface area contributed by atoms with Gasteiger partial charge in [-0.3, -0.25) is 4.90 Å². The Labute approximate surface area is 131 Å². The first-order valence-corrected chi connectivity index (χ1v) is 7.78. The van der Waals surface area contributed by atoms with Crippen LogP contribution in [0.2, 0.25) is 0 Å². The molecule has 0 amide bonds. The van der Waals surface area contributed by atoms with Crippen LogP contribution in [0.25, 0.3) is 0 Å². The maximum Gasteiger partial charge on any atom is 0.128 e. The van der Waals surface area contributed by atoms with Crippen LogP contribution >= 0.6 is 0 Å². The zero-order chi connectivity index (χ0) is 15.4. The normalized spacial score (nSPS) is 17.5. The summed E-state index contributed by atoms with van der Waals surface area (Å²) in [4.78, 5) is 4.66. The molecule has 3 rings (SSSR count). The van der Waals surface area contributed by atoms with Crippen LogP contribution in [0.4, 0.5) is 10.1 Å². The molecule has 0 saturated carbocycles. The topological polar surface area (TPSA) is 32.5 Å². The Balaban J connectivity index is 1.68. The summed E-state index contributed by atoms with van der Waals surface area (Å²) in [5.74, 6) is -0.163. The monoisotopic (exact) mass is 299 g/mol. The van der Waals surface area contributed by atoms with Crippen molar-refractivity contribution in [3.8, 4) is 0 Å². The molecule has 1 unspecified atom stereocenters. The third kappa shape index (κ3) is 3.13. The standard InChI is InChI=1S/C18H22FN3/c19-17-9-5-4-8-16(17)18(14-20)22-12-10-21(11-13-22)15-6-2-1-3-7-15/h1-9,18H,10-14,20H2. The molecular weight excluding hydrogens is 277 g/mol. The van der Waals surface area contributed by atoms with E-state index in [9.17, 15) is 4.39 Å². The highest BCUT2D eigenvalue weighted by Crippen LogP contribution is 2.25. The molecule has 1 aliphatic rings. The van der Waals surface area contributed by atoms with Crippen LogP contribution in [0.5, 0.6) is 0 Å². The molecule has 1 aliphatic heterocycles. The molecule has 22 heavy (non-hydrogen) atoms. The van der Waals surface area contributed by atoms with E-state index in [1.165, 1.54) is 11.8 Å². The van der Waals surface area contributed by atoms with Crippen molar-refractivity contribution in [3.05, 3.63) is 66.0 Å². The summed E-state index contributed by atoms with van der Waals surface area (Å²) in [6, 6.07) is 17.3. The average Bonchev–Trinajstić information content (AvgIpc) is 2.59. The van der Waals surface area contributed by atoms with Gasteiger partial charge in [-0.2, -0.15) is 0 Å². The fraction of sp³-hybridized carbons (Fsp3) is 0.333. The van der Waals surface area contributed by atoms with Crippen LogP contribution < -0.4 is 10.6 Å². The number of nitrogens with two attached hydrogens (primary N) is 1. The van der Waals surface area contributed by atoms with Gasteiger partial charge in [0.1, 0.15) is 5.82 Å². The second kappa shape index (κ2) is 6.90. The molecule has 4 heteroatoms. The van der Waals surface area contributed by atoms with E-state index < -0.39 is 0 Å². The molecular formula is C18H22FN3. The van der Waals surface area contributed by atoms with Gasteiger partial charge in [-0.25, -0.2) is 4.39 Å². The molecule has 2 aromatic carbocycles. The van der Waals surface area contributed by atoms with Crippen molar-refractivity contribution in [3.63, 3.8) is 0 Å². The van der Waals surface area contributed by atoms with Crippen molar-refractivity contribution in [2.75, 3.05) is 37.6 Å². The largest absolute Gasteiger partial charge is 0.369 e. The summed E-state index contributed by atoms with van der Waals surface area (Å²) in [7, 11) is 0. The summed E-state index contributed by atoms with van der Waals surface area (Å²) >= 11 is 0. The zero-order valence-corrected chi connectivity index (χ0v) is 12.7. The van der Waals surface area contributed by atoms with Crippen molar-refractivity contribution < 1.29 is 4.39 Å². The lowest BCUT2D eigenvalue weighted by atomic mass is 10.0.